The number of nitrogens with zero attached hydrogens (tertiary/aromatic N) is 1. The van der Waals surface area contributed by atoms with Crippen LogP contribution in [0.4, 0.5) is 0 Å². The maximum atomic E-state index is 12.2. The van der Waals surface area contributed by atoms with Gasteiger partial charge >= 0.3 is 0 Å². The zero-order valence-corrected chi connectivity index (χ0v) is 12.6. The van der Waals surface area contributed by atoms with Gasteiger partial charge in [0.2, 0.25) is 5.91 Å². The van der Waals surface area contributed by atoms with E-state index >= 15 is 0 Å². The van der Waals surface area contributed by atoms with E-state index in [4.69, 9.17) is 0 Å². The summed E-state index contributed by atoms with van der Waals surface area (Å²) in [5.41, 5.74) is 0. The van der Waals surface area contributed by atoms with Crippen LogP contribution in [0.1, 0.15) is 52.9 Å². The Balaban J connectivity index is 4.20. The summed E-state index contributed by atoms with van der Waals surface area (Å²) in [6, 6.07) is 0. The molecule has 0 saturated carbocycles. The van der Waals surface area contributed by atoms with Crippen LogP contribution in [0.15, 0.2) is 0 Å². The van der Waals surface area contributed by atoms with Crippen molar-refractivity contribution >= 4 is 21.8 Å². The Kier molecular flexibility index (Phi) is 10.1. The van der Waals surface area contributed by atoms with Crippen LogP contribution in [0.5, 0.6) is 0 Å². The number of rotatable bonds is 9. The SMILES string of the molecule is CCCCC(CC)C(=O)N(CC)CCCBr. The maximum Gasteiger partial charge on any atom is 0.225 e. The van der Waals surface area contributed by atoms with Gasteiger partial charge in [-0.3, -0.25) is 4.79 Å². The Bertz CT molecular complexity index is 167. The first-order valence-corrected chi connectivity index (χ1v) is 7.68. The molecule has 16 heavy (non-hydrogen) atoms. The van der Waals surface area contributed by atoms with Crippen LogP contribution < -0.4 is 0 Å². The Morgan fingerprint density at radius 3 is 2.38 bits per heavy atom. The Morgan fingerprint density at radius 1 is 1.25 bits per heavy atom. The average Bonchev–Trinajstić information content (AvgIpc) is 2.31. The topological polar surface area (TPSA) is 20.3 Å². The highest BCUT2D eigenvalue weighted by atomic mass is 79.9. The van der Waals surface area contributed by atoms with E-state index in [0.717, 1.165) is 37.7 Å². The second-order valence-electron chi connectivity index (χ2n) is 4.21. The van der Waals surface area contributed by atoms with Crippen LogP contribution in [0.2, 0.25) is 0 Å². The van der Waals surface area contributed by atoms with Gasteiger partial charge in [0.05, 0.1) is 0 Å². The fourth-order valence-corrected chi connectivity index (χ4v) is 2.14. The van der Waals surface area contributed by atoms with Crippen LogP contribution in [0.3, 0.4) is 0 Å². The maximum absolute atomic E-state index is 12.2. The largest absolute Gasteiger partial charge is 0.343 e. The lowest BCUT2D eigenvalue weighted by Crippen LogP contribution is -2.36. The van der Waals surface area contributed by atoms with Crippen LogP contribution in [0.25, 0.3) is 0 Å². The molecule has 0 saturated heterocycles. The highest BCUT2D eigenvalue weighted by Gasteiger charge is 2.20. The van der Waals surface area contributed by atoms with E-state index in [9.17, 15) is 4.79 Å². The zero-order chi connectivity index (χ0) is 12.4. The highest BCUT2D eigenvalue weighted by molar-refractivity contribution is 9.09. The molecule has 0 aromatic heterocycles. The quantitative estimate of drug-likeness (QED) is 0.591. The molecule has 1 unspecified atom stereocenters. The minimum absolute atomic E-state index is 0.246. The average molecular weight is 292 g/mol. The van der Waals surface area contributed by atoms with E-state index in [0.29, 0.717) is 5.91 Å². The first-order valence-electron chi connectivity index (χ1n) is 6.55. The van der Waals surface area contributed by atoms with Gasteiger partial charge < -0.3 is 4.90 Å². The molecule has 0 N–H and O–H groups in total. The van der Waals surface area contributed by atoms with Crippen molar-refractivity contribution in [3.05, 3.63) is 0 Å². The van der Waals surface area contributed by atoms with Gasteiger partial charge in [0, 0.05) is 24.3 Å². The molecular formula is C13H26BrNO. The number of carbonyl (C=O) groups excluding carboxylic acids is 1. The van der Waals surface area contributed by atoms with Gasteiger partial charge in [-0.1, -0.05) is 42.6 Å². The lowest BCUT2D eigenvalue weighted by atomic mass is 9.97. The summed E-state index contributed by atoms with van der Waals surface area (Å²) in [6.07, 6.45) is 5.42. The predicted octanol–water partition coefficient (Wildman–Crippen LogP) is 3.84. The molecule has 3 heteroatoms. The van der Waals surface area contributed by atoms with Crippen molar-refractivity contribution in [2.45, 2.75) is 52.9 Å². The van der Waals surface area contributed by atoms with Gasteiger partial charge in [0.15, 0.2) is 0 Å². The molecule has 96 valence electrons. The van der Waals surface area contributed by atoms with Crippen LogP contribution in [-0.2, 0) is 4.79 Å². The third-order valence-electron chi connectivity index (χ3n) is 3.00. The summed E-state index contributed by atoms with van der Waals surface area (Å²) in [5.74, 6) is 0.606. The summed E-state index contributed by atoms with van der Waals surface area (Å²) in [7, 11) is 0. The molecule has 0 bridgehead atoms. The van der Waals surface area contributed by atoms with Crippen molar-refractivity contribution in [3.8, 4) is 0 Å². The summed E-state index contributed by atoms with van der Waals surface area (Å²) in [5, 5.41) is 0.975. The molecule has 0 aliphatic rings. The standard InChI is InChI=1S/C13H26BrNO/c1-4-7-9-12(5-2)13(16)15(6-3)11-8-10-14/h12H,4-11H2,1-3H3. The number of alkyl halides is 1. The smallest absolute Gasteiger partial charge is 0.225 e. The van der Waals surface area contributed by atoms with Gasteiger partial charge in [0.1, 0.15) is 0 Å². The second kappa shape index (κ2) is 10.1. The molecule has 0 spiro atoms. The van der Waals surface area contributed by atoms with E-state index in [1.54, 1.807) is 0 Å². The molecule has 0 aliphatic carbocycles. The Hall–Kier alpha value is -0.0500. The lowest BCUT2D eigenvalue weighted by Gasteiger charge is -2.25. The summed E-state index contributed by atoms with van der Waals surface area (Å²) in [6.45, 7) is 8.10. The van der Waals surface area contributed by atoms with Crippen molar-refractivity contribution in [2.75, 3.05) is 18.4 Å². The molecule has 0 radical (unpaired) electrons. The van der Waals surface area contributed by atoms with Gasteiger partial charge in [-0.2, -0.15) is 0 Å². The first-order chi connectivity index (χ1) is 7.71. The monoisotopic (exact) mass is 291 g/mol. The number of hydrogen-bond donors (Lipinski definition) is 0. The summed E-state index contributed by atoms with van der Waals surface area (Å²) < 4.78 is 0. The van der Waals surface area contributed by atoms with Gasteiger partial charge in [0.25, 0.3) is 0 Å². The molecule has 1 amide bonds. The number of unbranched alkanes of at least 4 members (excludes halogenated alkanes) is 1. The van der Waals surface area contributed by atoms with Crippen LogP contribution in [0, 0.1) is 5.92 Å². The van der Waals surface area contributed by atoms with Crippen molar-refractivity contribution in [1.29, 1.82) is 0 Å². The fourth-order valence-electron chi connectivity index (χ4n) is 1.89. The van der Waals surface area contributed by atoms with Gasteiger partial charge in [-0.25, -0.2) is 0 Å². The minimum atomic E-state index is 0.246. The van der Waals surface area contributed by atoms with E-state index in [2.05, 4.69) is 36.7 Å². The van der Waals surface area contributed by atoms with E-state index in [1.165, 1.54) is 12.8 Å². The molecule has 1 atom stereocenters. The van der Waals surface area contributed by atoms with E-state index in [-0.39, 0.29) is 5.92 Å². The molecule has 0 aromatic carbocycles. The molecule has 2 nitrogen and oxygen atoms in total. The van der Waals surface area contributed by atoms with Crippen molar-refractivity contribution in [3.63, 3.8) is 0 Å². The third kappa shape index (κ3) is 5.88. The normalized spacial score (nSPS) is 12.5. The van der Waals surface area contributed by atoms with Gasteiger partial charge in [-0.15, -0.1) is 0 Å². The first kappa shape index (κ1) is 16.0. The molecule has 0 aliphatic heterocycles. The summed E-state index contributed by atoms with van der Waals surface area (Å²) in [4.78, 5) is 14.2. The lowest BCUT2D eigenvalue weighted by molar-refractivity contribution is -0.135. The number of hydrogen-bond acceptors (Lipinski definition) is 1. The number of carbonyl (C=O) groups is 1. The molecule has 0 rings (SSSR count). The highest BCUT2D eigenvalue weighted by Crippen LogP contribution is 2.16. The fraction of sp³-hybridized carbons (Fsp3) is 0.923. The Labute approximate surface area is 109 Å². The molecule has 0 aromatic rings. The van der Waals surface area contributed by atoms with Crippen molar-refractivity contribution in [1.82, 2.24) is 4.90 Å². The molecule has 0 heterocycles. The van der Waals surface area contributed by atoms with E-state index < -0.39 is 0 Å². The zero-order valence-electron chi connectivity index (χ0n) is 11.0. The molecule has 0 fully saturated rings. The van der Waals surface area contributed by atoms with Gasteiger partial charge in [-0.05, 0) is 26.2 Å². The predicted molar refractivity (Wildman–Crippen MR) is 74.0 cm³/mol. The minimum Gasteiger partial charge on any atom is -0.343 e. The second-order valence-corrected chi connectivity index (χ2v) is 5.00. The van der Waals surface area contributed by atoms with Crippen molar-refractivity contribution in [2.24, 2.45) is 5.92 Å². The van der Waals surface area contributed by atoms with Crippen LogP contribution >= 0.6 is 15.9 Å². The van der Waals surface area contributed by atoms with Crippen LogP contribution in [-0.4, -0.2) is 29.2 Å². The number of amides is 1. The summed E-state index contributed by atoms with van der Waals surface area (Å²) >= 11 is 3.41. The van der Waals surface area contributed by atoms with E-state index in [1.807, 2.05) is 4.90 Å². The molecular weight excluding hydrogens is 266 g/mol. The Morgan fingerprint density at radius 2 is 1.94 bits per heavy atom. The van der Waals surface area contributed by atoms with Crippen molar-refractivity contribution < 1.29 is 4.79 Å². The third-order valence-corrected chi connectivity index (χ3v) is 3.56. The number of halogens is 1.